The molecule has 0 spiro atoms. The van der Waals surface area contributed by atoms with Crippen molar-refractivity contribution < 1.29 is 33.4 Å². The molecule has 0 aromatic heterocycles. The third kappa shape index (κ3) is 7.21. The number of ether oxygens (including phenoxy) is 2. The normalized spacial score (nSPS) is 25.6. The summed E-state index contributed by atoms with van der Waals surface area (Å²) in [6.07, 6.45) is 2.06. The van der Waals surface area contributed by atoms with Gasteiger partial charge in [-0.1, -0.05) is 0 Å². The lowest BCUT2D eigenvalue weighted by molar-refractivity contribution is -0.136. The molecule has 250 valence electrons. The monoisotopic (exact) mass is 638 g/mol. The Morgan fingerprint density at radius 2 is 1.57 bits per heavy atom. The molecule has 13 heteroatoms. The molecule has 1 N–H and O–H groups in total. The van der Waals surface area contributed by atoms with Crippen LogP contribution in [0.2, 0.25) is 0 Å². The zero-order chi connectivity index (χ0) is 32.6. The summed E-state index contributed by atoms with van der Waals surface area (Å²) in [5.41, 5.74) is 1.03. The number of benzene rings is 1. The van der Waals surface area contributed by atoms with E-state index >= 15 is 0 Å². The third-order valence-corrected chi connectivity index (χ3v) is 9.64. The molecular weight excluding hydrogens is 592 g/mol. The summed E-state index contributed by atoms with van der Waals surface area (Å²) in [6, 6.07) is 4.40. The number of amides is 5. The highest BCUT2D eigenvalue weighted by atomic mass is 16.6. The quantitative estimate of drug-likeness (QED) is 0.458. The van der Waals surface area contributed by atoms with E-state index in [1.807, 2.05) is 26.8 Å². The first-order valence-corrected chi connectivity index (χ1v) is 16.6. The van der Waals surface area contributed by atoms with Crippen molar-refractivity contribution in [2.45, 2.75) is 64.2 Å². The fourth-order valence-electron chi connectivity index (χ4n) is 7.16. The number of carbonyl (C=O) groups is 5. The number of nitrogens with one attached hydrogen (secondary N) is 1. The molecule has 46 heavy (non-hydrogen) atoms. The average molecular weight is 639 g/mol. The van der Waals surface area contributed by atoms with Gasteiger partial charge in [0.1, 0.15) is 11.6 Å². The SMILES string of the molecule is CC(C)(C)OC(=O)N1CCO[C@@H](CN2CCN(CC3CCN(c4ccc5c(c4)C(=O)N(C4CCC(=O)NC4=O)C5=O)CC3)CC2)C1. The van der Waals surface area contributed by atoms with E-state index in [1.54, 1.807) is 17.0 Å². The minimum absolute atomic E-state index is 0.00900. The number of fused-ring (bicyclic) bond motifs is 1. The van der Waals surface area contributed by atoms with E-state index < -0.39 is 29.4 Å². The highest BCUT2D eigenvalue weighted by molar-refractivity contribution is 6.23. The molecule has 6 rings (SSSR count). The molecule has 5 amide bonds. The fourth-order valence-corrected chi connectivity index (χ4v) is 7.16. The van der Waals surface area contributed by atoms with Gasteiger partial charge in [0.15, 0.2) is 0 Å². The third-order valence-electron chi connectivity index (χ3n) is 9.64. The zero-order valence-electron chi connectivity index (χ0n) is 27.2. The first kappa shape index (κ1) is 32.4. The first-order valence-electron chi connectivity index (χ1n) is 16.6. The lowest BCUT2D eigenvalue weighted by Gasteiger charge is -2.41. The Bertz CT molecular complexity index is 1360. The Kier molecular flexibility index (Phi) is 9.36. The van der Waals surface area contributed by atoms with Gasteiger partial charge in [-0.2, -0.15) is 0 Å². The Morgan fingerprint density at radius 3 is 2.24 bits per heavy atom. The number of piperidine rings is 2. The topological polar surface area (TPSA) is 132 Å². The molecule has 5 heterocycles. The van der Waals surface area contributed by atoms with Gasteiger partial charge in [-0.05, 0) is 64.2 Å². The van der Waals surface area contributed by atoms with E-state index in [2.05, 4.69) is 20.0 Å². The van der Waals surface area contributed by atoms with Crippen LogP contribution in [0.15, 0.2) is 18.2 Å². The van der Waals surface area contributed by atoms with Crippen LogP contribution in [0.4, 0.5) is 10.5 Å². The fraction of sp³-hybridized carbons (Fsp3) is 0.667. The van der Waals surface area contributed by atoms with Crippen molar-refractivity contribution in [2.24, 2.45) is 5.92 Å². The number of anilines is 1. The second-order valence-electron chi connectivity index (χ2n) is 14.1. The largest absolute Gasteiger partial charge is 0.444 e. The molecule has 4 fully saturated rings. The average Bonchev–Trinajstić information content (AvgIpc) is 3.26. The smallest absolute Gasteiger partial charge is 0.410 e. The van der Waals surface area contributed by atoms with E-state index in [0.717, 1.165) is 75.8 Å². The van der Waals surface area contributed by atoms with E-state index in [9.17, 15) is 24.0 Å². The second-order valence-corrected chi connectivity index (χ2v) is 14.1. The van der Waals surface area contributed by atoms with Crippen LogP contribution in [0.25, 0.3) is 0 Å². The van der Waals surface area contributed by atoms with Crippen molar-refractivity contribution in [2.75, 3.05) is 77.0 Å². The van der Waals surface area contributed by atoms with Crippen LogP contribution in [0.3, 0.4) is 0 Å². The molecule has 1 unspecified atom stereocenters. The Labute approximate surface area is 270 Å². The molecular formula is C33H46N6O7. The Morgan fingerprint density at radius 1 is 0.891 bits per heavy atom. The molecule has 0 aliphatic carbocycles. The standard InChI is InChI=1S/C33H46N6O7/c1-33(2,3)46-32(44)38-16-17-45-24(21-38)20-36-14-12-35(13-15-36)19-22-8-10-37(11-9-22)23-4-5-25-26(18-23)31(43)39(30(25)42)27-6-7-28(40)34-29(27)41/h4-5,18,22,24,27H,6-17,19-21H2,1-3H3,(H,34,40,41)/t24-,27?/m0/s1. The maximum atomic E-state index is 13.2. The van der Waals surface area contributed by atoms with Crippen molar-refractivity contribution in [1.82, 2.24) is 24.9 Å². The van der Waals surface area contributed by atoms with Gasteiger partial charge in [0.25, 0.3) is 11.8 Å². The lowest BCUT2D eigenvalue weighted by atomic mass is 9.95. The molecule has 1 aromatic rings. The van der Waals surface area contributed by atoms with Crippen LogP contribution in [0.5, 0.6) is 0 Å². The second kappa shape index (κ2) is 13.3. The van der Waals surface area contributed by atoms with Crippen molar-refractivity contribution in [3.63, 3.8) is 0 Å². The maximum Gasteiger partial charge on any atom is 0.410 e. The minimum atomic E-state index is -0.957. The summed E-state index contributed by atoms with van der Waals surface area (Å²) in [5, 5.41) is 2.24. The van der Waals surface area contributed by atoms with E-state index in [1.165, 1.54) is 0 Å². The molecule has 2 atom stereocenters. The number of piperazine rings is 1. The summed E-state index contributed by atoms with van der Waals surface area (Å²) in [7, 11) is 0. The molecule has 4 saturated heterocycles. The highest BCUT2D eigenvalue weighted by Gasteiger charge is 2.45. The van der Waals surface area contributed by atoms with Crippen LogP contribution in [0, 0.1) is 5.92 Å². The number of carbonyl (C=O) groups excluding carboxylic acids is 5. The Balaban J connectivity index is 0.943. The summed E-state index contributed by atoms with van der Waals surface area (Å²) in [5.74, 6) is -1.34. The summed E-state index contributed by atoms with van der Waals surface area (Å²) in [4.78, 5) is 72.8. The Hall–Kier alpha value is -3.55. The molecule has 13 nitrogen and oxygen atoms in total. The van der Waals surface area contributed by atoms with Crippen LogP contribution in [-0.4, -0.2) is 139 Å². The molecule has 0 saturated carbocycles. The van der Waals surface area contributed by atoms with E-state index in [-0.39, 0.29) is 30.9 Å². The summed E-state index contributed by atoms with van der Waals surface area (Å²) in [6.45, 7) is 14.9. The van der Waals surface area contributed by atoms with Crippen molar-refractivity contribution in [3.05, 3.63) is 29.3 Å². The predicted molar refractivity (Wildman–Crippen MR) is 168 cm³/mol. The van der Waals surface area contributed by atoms with Gasteiger partial charge in [-0.25, -0.2) is 4.79 Å². The van der Waals surface area contributed by atoms with Gasteiger partial charge < -0.3 is 24.2 Å². The molecule has 0 bridgehead atoms. The first-order chi connectivity index (χ1) is 21.9. The van der Waals surface area contributed by atoms with Gasteiger partial charge in [0, 0.05) is 71.0 Å². The van der Waals surface area contributed by atoms with Crippen LogP contribution in [0.1, 0.15) is 67.2 Å². The number of morpholine rings is 1. The van der Waals surface area contributed by atoms with Gasteiger partial charge in [0.05, 0.1) is 30.4 Å². The van der Waals surface area contributed by atoms with Crippen LogP contribution in [-0.2, 0) is 19.1 Å². The zero-order valence-corrected chi connectivity index (χ0v) is 27.2. The van der Waals surface area contributed by atoms with Crippen LogP contribution < -0.4 is 10.2 Å². The van der Waals surface area contributed by atoms with Crippen molar-refractivity contribution >= 4 is 35.4 Å². The number of hydrogen-bond acceptors (Lipinski definition) is 10. The predicted octanol–water partition coefficient (Wildman–Crippen LogP) is 1.56. The number of nitrogens with zero attached hydrogens (tertiary/aromatic N) is 5. The van der Waals surface area contributed by atoms with Gasteiger partial charge >= 0.3 is 6.09 Å². The number of hydrogen-bond donors (Lipinski definition) is 1. The molecule has 5 aliphatic rings. The lowest BCUT2D eigenvalue weighted by Crippen LogP contribution is -2.54. The maximum absolute atomic E-state index is 13.2. The van der Waals surface area contributed by atoms with E-state index in [0.29, 0.717) is 36.7 Å². The van der Waals surface area contributed by atoms with Gasteiger partial charge in [0.2, 0.25) is 11.8 Å². The minimum Gasteiger partial charge on any atom is -0.444 e. The number of imide groups is 2. The highest BCUT2D eigenvalue weighted by Crippen LogP contribution is 2.32. The summed E-state index contributed by atoms with van der Waals surface area (Å²) >= 11 is 0. The number of rotatable bonds is 6. The van der Waals surface area contributed by atoms with Crippen molar-refractivity contribution in [1.29, 1.82) is 0 Å². The van der Waals surface area contributed by atoms with Crippen LogP contribution >= 0.6 is 0 Å². The van der Waals surface area contributed by atoms with Gasteiger partial charge in [-0.3, -0.25) is 34.3 Å². The van der Waals surface area contributed by atoms with E-state index in [4.69, 9.17) is 9.47 Å². The molecule has 1 aromatic carbocycles. The van der Waals surface area contributed by atoms with Gasteiger partial charge in [-0.15, -0.1) is 0 Å². The molecule has 5 aliphatic heterocycles. The molecule has 0 radical (unpaired) electrons. The summed E-state index contributed by atoms with van der Waals surface area (Å²) < 4.78 is 11.5. The van der Waals surface area contributed by atoms with Crippen molar-refractivity contribution in [3.8, 4) is 0 Å².